The van der Waals surface area contributed by atoms with E-state index in [1.807, 2.05) is 0 Å². The number of terminal acetylenes is 1. The molecule has 0 aliphatic carbocycles. The third kappa shape index (κ3) is 3.50. The first-order chi connectivity index (χ1) is 9.32. The van der Waals surface area contributed by atoms with Gasteiger partial charge in [0.1, 0.15) is 12.3 Å². The monoisotopic (exact) mass is 297 g/mol. The van der Waals surface area contributed by atoms with Crippen molar-refractivity contribution in [3.63, 3.8) is 0 Å². The summed E-state index contributed by atoms with van der Waals surface area (Å²) in [6, 6.07) is 4.28. The van der Waals surface area contributed by atoms with Gasteiger partial charge in [-0.15, -0.1) is 6.42 Å². The molecule has 0 radical (unpaired) electrons. The molecule has 0 fully saturated rings. The molecule has 6 nitrogen and oxygen atoms in total. The molecule has 0 aromatic heterocycles. The molecule has 0 amide bonds. The van der Waals surface area contributed by atoms with E-state index in [0.29, 0.717) is 11.3 Å². The minimum atomic E-state index is -3.95. The van der Waals surface area contributed by atoms with Gasteiger partial charge in [-0.3, -0.25) is 4.79 Å². The Bertz CT molecular complexity index is 645. The summed E-state index contributed by atoms with van der Waals surface area (Å²) in [5.41, 5.74) is 0.629. The van der Waals surface area contributed by atoms with Crippen molar-refractivity contribution in [1.29, 1.82) is 0 Å². The zero-order valence-corrected chi connectivity index (χ0v) is 12.0. The molecule has 0 atom stereocenters. The normalized spacial score (nSPS) is 11.1. The van der Waals surface area contributed by atoms with Gasteiger partial charge in [-0.1, -0.05) is 5.92 Å². The van der Waals surface area contributed by atoms with Gasteiger partial charge in [0.05, 0.1) is 18.6 Å². The van der Waals surface area contributed by atoms with Crippen LogP contribution in [0.25, 0.3) is 0 Å². The number of rotatable bonds is 6. The summed E-state index contributed by atoms with van der Waals surface area (Å²) in [6.45, 7) is 0.706. The van der Waals surface area contributed by atoms with Gasteiger partial charge in [-0.05, 0) is 30.7 Å². The predicted molar refractivity (Wildman–Crippen MR) is 73.0 cm³/mol. The molecule has 0 aliphatic rings. The number of nitrogens with zero attached hydrogens (tertiary/aromatic N) is 1. The maximum absolute atomic E-state index is 12.3. The molecule has 20 heavy (non-hydrogen) atoms. The lowest BCUT2D eigenvalue weighted by molar-refractivity contribution is -0.137. The third-order valence-electron chi connectivity index (χ3n) is 2.58. The molecule has 1 rings (SSSR count). The fourth-order valence-corrected chi connectivity index (χ4v) is 3.03. The predicted octanol–water partition coefficient (Wildman–Crippen LogP) is 0.712. The summed E-state index contributed by atoms with van der Waals surface area (Å²) in [7, 11) is -2.47. The highest BCUT2D eigenvalue weighted by Crippen LogP contribution is 2.23. The fourth-order valence-electron chi connectivity index (χ4n) is 1.64. The number of sulfonamides is 1. The lowest BCUT2D eigenvalue weighted by Gasteiger charge is -2.18. The quantitative estimate of drug-likeness (QED) is 0.782. The van der Waals surface area contributed by atoms with E-state index < -0.39 is 22.5 Å². The van der Waals surface area contributed by atoms with Crippen molar-refractivity contribution in [2.45, 2.75) is 11.8 Å². The molecule has 0 heterocycles. The zero-order valence-electron chi connectivity index (χ0n) is 11.2. The van der Waals surface area contributed by atoms with Crippen LogP contribution in [0.2, 0.25) is 0 Å². The van der Waals surface area contributed by atoms with Crippen molar-refractivity contribution in [3.05, 3.63) is 23.8 Å². The molecule has 1 N–H and O–H groups in total. The van der Waals surface area contributed by atoms with Crippen LogP contribution in [-0.2, 0) is 14.8 Å². The molecule has 0 bridgehead atoms. The summed E-state index contributed by atoms with van der Waals surface area (Å²) in [5, 5.41) is 8.76. The Morgan fingerprint density at radius 1 is 1.50 bits per heavy atom. The first-order valence-electron chi connectivity index (χ1n) is 5.63. The SMILES string of the molecule is C#CCN(CC(=O)O)S(=O)(=O)c1ccc(OC)c(C)c1. The van der Waals surface area contributed by atoms with Crippen LogP contribution in [0.15, 0.2) is 23.1 Å². The van der Waals surface area contributed by atoms with Gasteiger partial charge >= 0.3 is 5.97 Å². The van der Waals surface area contributed by atoms with Gasteiger partial charge in [-0.2, -0.15) is 4.31 Å². The van der Waals surface area contributed by atoms with Crippen LogP contribution in [0.1, 0.15) is 5.56 Å². The van der Waals surface area contributed by atoms with Crippen LogP contribution in [0.5, 0.6) is 5.75 Å². The number of carboxylic acid groups (broad SMARTS) is 1. The second kappa shape index (κ2) is 6.41. The fraction of sp³-hybridized carbons (Fsp3) is 0.308. The highest BCUT2D eigenvalue weighted by Gasteiger charge is 2.26. The van der Waals surface area contributed by atoms with Crippen molar-refractivity contribution in [3.8, 4) is 18.1 Å². The number of carboxylic acids is 1. The molecule has 0 saturated carbocycles. The Kier molecular flexibility index (Phi) is 5.13. The molecular weight excluding hydrogens is 282 g/mol. The Labute approximate surface area is 118 Å². The van der Waals surface area contributed by atoms with Gasteiger partial charge in [0, 0.05) is 0 Å². The van der Waals surface area contributed by atoms with Gasteiger partial charge in [0.25, 0.3) is 0 Å². The molecule has 0 spiro atoms. The summed E-state index contributed by atoms with van der Waals surface area (Å²) in [6.07, 6.45) is 5.09. The summed E-state index contributed by atoms with van der Waals surface area (Å²) >= 11 is 0. The van der Waals surface area contributed by atoms with Crippen LogP contribution in [0, 0.1) is 19.3 Å². The summed E-state index contributed by atoms with van der Waals surface area (Å²) in [5.74, 6) is 1.42. The molecule has 7 heteroatoms. The maximum Gasteiger partial charge on any atom is 0.318 e. The average molecular weight is 297 g/mol. The summed E-state index contributed by atoms with van der Waals surface area (Å²) in [4.78, 5) is 10.7. The molecule has 0 saturated heterocycles. The van der Waals surface area contributed by atoms with Crippen LogP contribution in [-0.4, -0.2) is 44.0 Å². The van der Waals surface area contributed by atoms with E-state index in [0.717, 1.165) is 4.31 Å². The molecular formula is C13H15NO5S. The van der Waals surface area contributed by atoms with E-state index in [1.165, 1.54) is 25.3 Å². The van der Waals surface area contributed by atoms with Crippen molar-refractivity contribution in [2.24, 2.45) is 0 Å². The van der Waals surface area contributed by atoms with Gasteiger partial charge in [0.15, 0.2) is 0 Å². The second-order valence-electron chi connectivity index (χ2n) is 4.00. The topological polar surface area (TPSA) is 83.9 Å². The first-order valence-corrected chi connectivity index (χ1v) is 7.07. The van der Waals surface area contributed by atoms with Crippen molar-refractivity contribution in [1.82, 2.24) is 4.31 Å². The number of benzene rings is 1. The third-order valence-corrected chi connectivity index (χ3v) is 4.37. The molecule has 1 aromatic carbocycles. The number of aryl methyl sites for hydroxylation is 1. The highest BCUT2D eigenvalue weighted by atomic mass is 32.2. The number of ether oxygens (including phenoxy) is 1. The van der Waals surface area contributed by atoms with E-state index in [2.05, 4.69) is 5.92 Å². The maximum atomic E-state index is 12.3. The lowest BCUT2D eigenvalue weighted by atomic mass is 10.2. The number of hydrogen-bond donors (Lipinski definition) is 1. The standard InChI is InChI=1S/C13H15NO5S/c1-4-7-14(9-13(15)16)20(17,18)11-5-6-12(19-3)10(2)8-11/h1,5-6,8H,7,9H2,2-3H3,(H,15,16). The minimum absolute atomic E-state index is 0.0210. The number of methoxy groups -OCH3 is 1. The Balaban J connectivity index is 3.22. The van der Waals surface area contributed by atoms with Crippen LogP contribution in [0.3, 0.4) is 0 Å². The Hall–Kier alpha value is -2.04. The van der Waals surface area contributed by atoms with Gasteiger partial charge in [-0.25, -0.2) is 8.42 Å². The van der Waals surface area contributed by atoms with Gasteiger partial charge < -0.3 is 9.84 Å². The van der Waals surface area contributed by atoms with Gasteiger partial charge in [0.2, 0.25) is 10.0 Å². The zero-order chi connectivity index (χ0) is 15.3. The smallest absolute Gasteiger partial charge is 0.318 e. The first kappa shape index (κ1) is 16.0. The van der Waals surface area contributed by atoms with Crippen LogP contribution < -0.4 is 4.74 Å². The minimum Gasteiger partial charge on any atom is -0.496 e. The van der Waals surface area contributed by atoms with Crippen molar-refractivity contribution in [2.75, 3.05) is 20.2 Å². The van der Waals surface area contributed by atoms with Crippen LogP contribution >= 0.6 is 0 Å². The lowest BCUT2D eigenvalue weighted by Crippen LogP contribution is -2.36. The largest absolute Gasteiger partial charge is 0.496 e. The Morgan fingerprint density at radius 3 is 2.60 bits per heavy atom. The van der Waals surface area contributed by atoms with E-state index in [4.69, 9.17) is 16.3 Å². The molecule has 1 aromatic rings. The number of hydrogen-bond acceptors (Lipinski definition) is 4. The van der Waals surface area contributed by atoms with E-state index in [9.17, 15) is 13.2 Å². The molecule has 0 unspecified atom stereocenters. The van der Waals surface area contributed by atoms with E-state index in [1.54, 1.807) is 6.92 Å². The van der Waals surface area contributed by atoms with E-state index in [-0.39, 0.29) is 11.4 Å². The second-order valence-corrected chi connectivity index (χ2v) is 5.94. The molecule has 108 valence electrons. The van der Waals surface area contributed by atoms with Crippen LogP contribution in [0.4, 0.5) is 0 Å². The van der Waals surface area contributed by atoms with Crippen molar-refractivity contribution < 1.29 is 23.1 Å². The Morgan fingerprint density at radius 2 is 2.15 bits per heavy atom. The number of carbonyl (C=O) groups is 1. The molecule has 0 aliphatic heterocycles. The average Bonchev–Trinajstić information content (AvgIpc) is 2.37. The van der Waals surface area contributed by atoms with E-state index >= 15 is 0 Å². The highest BCUT2D eigenvalue weighted by molar-refractivity contribution is 7.89. The van der Waals surface area contributed by atoms with Crippen molar-refractivity contribution >= 4 is 16.0 Å². The number of aliphatic carboxylic acids is 1. The summed E-state index contributed by atoms with van der Waals surface area (Å²) < 4.78 is 30.5.